The second-order valence-electron chi connectivity index (χ2n) is 8.24. The number of carbonyl (C=O) groups is 1. The van der Waals surface area contributed by atoms with E-state index in [1.807, 2.05) is 17.9 Å². The molecule has 3 heterocycles. The van der Waals surface area contributed by atoms with Crippen molar-refractivity contribution in [1.29, 1.82) is 0 Å². The summed E-state index contributed by atoms with van der Waals surface area (Å²) in [5.41, 5.74) is 3.02. The maximum Gasteiger partial charge on any atom is 0.270 e. The lowest BCUT2D eigenvalue weighted by Crippen LogP contribution is -2.35. The van der Waals surface area contributed by atoms with Gasteiger partial charge in [-0.1, -0.05) is 11.3 Å². The summed E-state index contributed by atoms with van der Waals surface area (Å²) in [4.78, 5) is 23.7. The SMILES string of the molecule is Cc1cc(F)cc2[nH]c(C(=O)N3CCc4nc(NCC5(CO)CC5)sc4C3)cc12. The van der Waals surface area contributed by atoms with Crippen molar-refractivity contribution < 1.29 is 14.3 Å². The van der Waals surface area contributed by atoms with Crippen molar-refractivity contribution >= 4 is 33.3 Å². The number of hydrogen-bond acceptors (Lipinski definition) is 5. The first-order chi connectivity index (χ1) is 14.0. The molecule has 0 spiro atoms. The summed E-state index contributed by atoms with van der Waals surface area (Å²) in [6.45, 7) is 3.93. The van der Waals surface area contributed by atoms with Crippen molar-refractivity contribution in [3.05, 3.63) is 45.8 Å². The van der Waals surface area contributed by atoms with Crippen molar-refractivity contribution in [3.8, 4) is 0 Å². The van der Waals surface area contributed by atoms with Crippen LogP contribution >= 0.6 is 11.3 Å². The number of benzene rings is 1. The summed E-state index contributed by atoms with van der Waals surface area (Å²) in [5.74, 6) is -0.385. The number of amides is 1. The third-order valence-corrected chi connectivity index (χ3v) is 7.11. The van der Waals surface area contributed by atoms with E-state index in [1.54, 1.807) is 11.3 Å². The molecule has 29 heavy (non-hydrogen) atoms. The number of hydrogen-bond donors (Lipinski definition) is 3. The van der Waals surface area contributed by atoms with Crippen LogP contribution in [-0.4, -0.2) is 45.6 Å². The molecule has 2 aliphatic rings. The van der Waals surface area contributed by atoms with Crippen molar-refractivity contribution in [2.45, 2.75) is 32.7 Å². The molecule has 1 aliphatic heterocycles. The van der Waals surface area contributed by atoms with E-state index in [-0.39, 0.29) is 23.7 Å². The van der Waals surface area contributed by atoms with Gasteiger partial charge in [0.15, 0.2) is 5.13 Å². The number of aliphatic hydroxyl groups is 1. The number of fused-ring (bicyclic) bond motifs is 2. The standard InChI is InChI=1S/C21H23FN4O2S/c1-12-6-13(22)7-16-14(12)8-17(24-16)19(28)26-5-2-15-18(9-26)29-20(25-15)23-10-21(11-27)3-4-21/h6-8,24,27H,2-5,9-11H2,1H3,(H,23,25). The van der Waals surface area contributed by atoms with Crippen LogP contribution in [0.2, 0.25) is 0 Å². The summed E-state index contributed by atoms with van der Waals surface area (Å²) in [7, 11) is 0. The molecule has 8 heteroatoms. The van der Waals surface area contributed by atoms with Crippen LogP contribution in [0.3, 0.4) is 0 Å². The van der Waals surface area contributed by atoms with Gasteiger partial charge in [-0.2, -0.15) is 0 Å². The summed E-state index contributed by atoms with van der Waals surface area (Å²) in [6.07, 6.45) is 2.83. The Bertz CT molecular complexity index is 1100. The smallest absolute Gasteiger partial charge is 0.270 e. The maximum absolute atomic E-state index is 13.7. The molecule has 3 N–H and O–H groups in total. The minimum Gasteiger partial charge on any atom is -0.396 e. The van der Waals surface area contributed by atoms with Gasteiger partial charge in [-0.15, -0.1) is 0 Å². The molecule has 1 saturated carbocycles. The van der Waals surface area contributed by atoms with E-state index in [9.17, 15) is 14.3 Å². The second-order valence-corrected chi connectivity index (χ2v) is 9.33. The lowest BCUT2D eigenvalue weighted by atomic mass is 10.1. The molecule has 1 aliphatic carbocycles. The predicted octanol–water partition coefficient (Wildman–Crippen LogP) is 3.45. The Balaban J connectivity index is 1.31. The van der Waals surface area contributed by atoms with Gasteiger partial charge in [0.25, 0.3) is 5.91 Å². The van der Waals surface area contributed by atoms with E-state index in [0.29, 0.717) is 24.3 Å². The number of aryl methyl sites for hydroxylation is 1. The summed E-state index contributed by atoms with van der Waals surface area (Å²) < 4.78 is 13.7. The highest BCUT2D eigenvalue weighted by Gasteiger charge is 2.42. The van der Waals surface area contributed by atoms with Gasteiger partial charge in [0, 0.05) is 40.7 Å². The Labute approximate surface area is 171 Å². The number of carbonyl (C=O) groups excluding carboxylic acids is 1. The lowest BCUT2D eigenvalue weighted by Gasteiger charge is -2.25. The van der Waals surface area contributed by atoms with Crippen LogP contribution in [0.25, 0.3) is 10.9 Å². The normalized spacial score (nSPS) is 17.4. The largest absolute Gasteiger partial charge is 0.396 e. The van der Waals surface area contributed by atoms with Crippen LogP contribution in [0.15, 0.2) is 18.2 Å². The molecular weight excluding hydrogens is 391 g/mol. The Morgan fingerprint density at radius 3 is 3.00 bits per heavy atom. The molecule has 2 aromatic heterocycles. The van der Waals surface area contributed by atoms with Crippen LogP contribution in [0.1, 0.15) is 39.5 Å². The van der Waals surface area contributed by atoms with Gasteiger partial charge in [-0.3, -0.25) is 4.79 Å². The molecular formula is C21H23FN4O2S. The first-order valence-corrected chi connectivity index (χ1v) is 10.7. The van der Waals surface area contributed by atoms with E-state index in [1.165, 1.54) is 12.1 Å². The summed E-state index contributed by atoms with van der Waals surface area (Å²) in [6, 6.07) is 4.71. The van der Waals surface area contributed by atoms with Crippen LogP contribution in [0.5, 0.6) is 0 Å². The topological polar surface area (TPSA) is 81.2 Å². The van der Waals surface area contributed by atoms with Crippen molar-refractivity contribution in [1.82, 2.24) is 14.9 Å². The van der Waals surface area contributed by atoms with Gasteiger partial charge in [-0.05, 0) is 43.5 Å². The Kier molecular flexibility index (Phi) is 4.36. The molecule has 0 bridgehead atoms. The number of aromatic amines is 1. The maximum atomic E-state index is 13.7. The van der Waals surface area contributed by atoms with Gasteiger partial charge in [0.2, 0.25) is 0 Å². The van der Waals surface area contributed by atoms with Gasteiger partial charge in [0.1, 0.15) is 11.5 Å². The fourth-order valence-electron chi connectivity index (χ4n) is 3.94. The highest BCUT2D eigenvalue weighted by Crippen LogP contribution is 2.45. The molecule has 1 fully saturated rings. The molecule has 0 unspecified atom stereocenters. The molecule has 1 aromatic carbocycles. The number of nitrogens with one attached hydrogen (secondary N) is 2. The summed E-state index contributed by atoms with van der Waals surface area (Å²) >= 11 is 1.58. The Morgan fingerprint density at radius 2 is 2.24 bits per heavy atom. The van der Waals surface area contributed by atoms with E-state index >= 15 is 0 Å². The zero-order valence-electron chi connectivity index (χ0n) is 16.2. The van der Waals surface area contributed by atoms with E-state index in [0.717, 1.165) is 52.5 Å². The minimum atomic E-state index is -0.308. The van der Waals surface area contributed by atoms with Gasteiger partial charge < -0.3 is 20.3 Å². The molecule has 0 atom stereocenters. The molecule has 1 amide bonds. The number of aliphatic hydroxyl groups excluding tert-OH is 1. The summed E-state index contributed by atoms with van der Waals surface area (Å²) in [5, 5.41) is 14.6. The zero-order chi connectivity index (χ0) is 20.2. The molecule has 5 rings (SSSR count). The third-order valence-electron chi connectivity index (χ3n) is 6.07. The van der Waals surface area contributed by atoms with Gasteiger partial charge in [-0.25, -0.2) is 9.37 Å². The lowest BCUT2D eigenvalue weighted by molar-refractivity contribution is 0.0731. The quantitative estimate of drug-likeness (QED) is 0.597. The highest BCUT2D eigenvalue weighted by atomic mass is 32.1. The number of halogens is 1. The molecule has 6 nitrogen and oxygen atoms in total. The number of anilines is 1. The number of nitrogens with zero attached hydrogens (tertiary/aromatic N) is 2. The number of thiazole rings is 1. The number of rotatable bonds is 5. The number of H-pyrrole nitrogens is 1. The van der Waals surface area contributed by atoms with E-state index in [4.69, 9.17) is 0 Å². The fourth-order valence-corrected chi connectivity index (χ4v) is 4.95. The van der Waals surface area contributed by atoms with E-state index in [2.05, 4.69) is 15.3 Å². The Hall–Kier alpha value is -2.45. The predicted molar refractivity (Wildman–Crippen MR) is 111 cm³/mol. The van der Waals surface area contributed by atoms with Crippen molar-refractivity contribution in [2.75, 3.05) is 25.0 Å². The van der Waals surface area contributed by atoms with Crippen molar-refractivity contribution in [3.63, 3.8) is 0 Å². The van der Waals surface area contributed by atoms with Crippen LogP contribution < -0.4 is 5.32 Å². The zero-order valence-corrected chi connectivity index (χ0v) is 17.0. The average Bonchev–Trinajstić information content (AvgIpc) is 3.17. The molecule has 3 aromatic rings. The number of aromatic nitrogens is 2. The monoisotopic (exact) mass is 414 g/mol. The second kappa shape index (κ2) is 6.81. The first-order valence-electron chi connectivity index (χ1n) is 9.88. The molecule has 0 radical (unpaired) electrons. The van der Waals surface area contributed by atoms with E-state index < -0.39 is 0 Å². The van der Waals surface area contributed by atoms with Crippen molar-refractivity contribution in [2.24, 2.45) is 5.41 Å². The first kappa shape index (κ1) is 18.6. The fraction of sp³-hybridized carbons (Fsp3) is 0.429. The van der Waals surface area contributed by atoms with Crippen LogP contribution in [0.4, 0.5) is 9.52 Å². The highest BCUT2D eigenvalue weighted by molar-refractivity contribution is 7.15. The Morgan fingerprint density at radius 1 is 1.41 bits per heavy atom. The van der Waals surface area contributed by atoms with Crippen LogP contribution in [0, 0.1) is 18.2 Å². The van der Waals surface area contributed by atoms with Gasteiger partial charge >= 0.3 is 0 Å². The third kappa shape index (κ3) is 3.40. The van der Waals surface area contributed by atoms with Crippen LogP contribution in [-0.2, 0) is 13.0 Å². The van der Waals surface area contributed by atoms with Gasteiger partial charge in [0.05, 0.1) is 18.8 Å². The average molecular weight is 415 g/mol. The molecule has 0 saturated heterocycles. The minimum absolute atomic E-state index is 0.0292. The molecule has 152 valence electrons.